The molecule has 0 aromatic carbocycles. The summed E-state index contributed by atoms with van der Waals surface area (Å²) in [4.78, 5) is 24.1. The first-order valence-corrected chi connectivity index (χ1v) is 5.43. The van der Waals surface area contributed by atoms with Gasteiger partial charge >= 0.3 is 6.03 Å². The lowest BCUT2D eigenvalue weighted by Crippen LogP contribution is -2.44. The van der Waals surface area contributed by atoms with Gasteiger partial charge in [0.05, 0.1) is 6.61 Å². The zero-order valence-electron chi connectivity index (χ0n) is 9.37. The molecule has 0 aliphatic rings. The molecule has 0 heterocycles. The third-order valence-electron chi connectivity index (χ3n) is 1.77. The quantitative estimate of drug-likeness (QED) is 0.540. The number of rotatable bonds is 7. The first-order chi connectivity index (χ1) is 7.65. The molecule has 0 atom stereocenters. The summed E-state index contributed by atoms with van der Waals surface area (Å²) in [6.45, 7) is 4.72. The maximum atomic E-state index is 11.6. The normalized spacial score (nSPS) is 9.62. The molecule has 6 heteroatoms. The number of hydrogen-bond acceptors (Lipinski definition) is 3. The number of imide groups is 1. The molecule has 0 bridgehead atoms. The van der Waals surface area contributed by atoms with Gasteiger partial charge < -0.3 is 9.64 Å². The standard InChI is InChI=1S/C10H17ClN2O3/c1-3-6-13(7-8-16-2)10(15)12-9(14)4-5-11/h3H,1,4-8H2,2H3,(H,12,14,15). The topological polar surface area (TPSA) is 58.6 Å². The number of ether oxygens (including phenoxy) is 1. The fraction of sp³-hybridized carbons (Fsp3) is 0.600. The number of methoxy groups -OCH3 is 1. The van der Waals surface area contributed by atoms with Crippen LogP contribution in [0.5, 0.6) is 0 Å². The van der Waals surface area contributed by atoms with E-state index in [-0.39, 0.29) is 18.2 Å². The van der Waals surface area contributed by atoms with E-state index in [1.165, 1.54) is 4.90 Å². The minimum absolute atomic E-state index is 0.125. The van der Waals surface area contributed by atoms with Crippen LogP contribution in [0.25, 0.3) is 0 Å². The number of amides is 3. The van der Waals surface area contributed by atoms with E-state index in [9.17, 15) is 9.59 Å². The van der Waals surface area contributed by atoms with Crippen molar-refractivity contribution in [1.82, 2.24) is 10.2 Å². The Hall–Kier alpha value is -1.07. The molecule has 0 aromatic heterocycles. The molecule has 0 fully saturated rings. The fourth-order valence-electron chi connectivity index (χ4n) is 0.980. The number of carbonyl (C=O) groups is 2. The van der Waals surface area contributed by atoms with Gasteiger partial charge in [-0.05, 0) is 0 Å². The second kappa shape index (κ2) is 9.18. The van der Waals surface area contributed by atoms with Gasteiger partial charge in [-0.25, -0.2) is 4.79 Å². The Labute approximate surface area is 100 Å². The highest BCUT2D eigenvalue weighted by atomic mass is 35.5. The van der Waals surface area contributed by atoms with Crippen LogP contribution >= 0.6 is 11.6 Å². The van der Waals surface area contributed by atoms with Crippen LogP contribution < -0.4 is 5.32 Å². The first-order valence-electron chi connectivity index (χ1n) is 4.90. The molecule has 0 rings (SSSR count). The molecule has 0 spiro atoms. The van der Waals surface area contributed by atoms with Crippen LogP contribution in [0.3, 0.4) is 0 Å². The summed E-state index contributed by atoms with van der Waals surface area (Å²) >= 11 is 5.38. The predicted octanol–water partition coefficient (Wildman–Crippen LogP) is 0.986. The third-order valence-corrected chi connectivity index (χ3v) is 1.96. The van der Waals surface area contributed by atoms with Crippen LogP contribution in [0.15, 0.2) is 12.7 Å². The third kappa shape index (κ3) is 6.42. The molecule has 0 radical (unpaired) electrons. The summed E-state index contributed by atoms with van der Waals surface area (Å²) in [5.41, 5.74) is 0. The van der Waals surface area contributed by atoms with Crippen LogP contribution in [0, 0.1) is 0 Å². The highest BCUT2D eigenvalue weighted by molar-refractivity contribution is 6.19. The van der Waals surface area contributed by atoms with Gasteiger partial charge in [-0.2, -0.15) is 0 Å². The summed E-state index contributed by atoms with van der Waals surface area (Å²) in [5.74, 6) is -0.190. The summed E-state index contributed by atoms with van der Waals surface area (Å²) in [7, 11) is 1.54. The van der Waals surface area contributed by atoms with Crippen molar-refractivity contribution in [1.29, 1.82) is 0 Å². The van der Waals surface area contributed by atoms with Gasteiger partial charge in [0.2, 0.25) is 5.91 Å². The Morgan fingerprint density at radius 2 is 2.25 bits per heavy atom. The lowest BCUT2D eigenvalue weighted by molar-refractivity contribution is -0.119. The van der Waals surface area contributed by atoms with Crippen molar-refractivity contribution in [2.45, 2.75) is 6.42 Å². The number of carbonyl (C=O) groups excluding carboxylic acids is 2. The van der Waals surface area contributed by atoms with E-state index >= 15 is 0 Å². The van der Waals surface area contributed by atoms with E-state index in [1.807, 2.05) is 0 Å². The Balaban J connectivity index is 4.14. The van der Waals surface area contributed by atoms with Crippen LogP contribution in [-0.4, -0.2) is 49.5 Å². The van der Waals surface area contributed by atoms with E-state index in [1.54, 1.807) is 13.2 Å². The minimum atomic E-state index is -0.452. The molecule has 0 saturated heterocycles. The van der Waals surface area contributed by atoms with Crippen molar-refractivity contribution < 1.29 is 14.3 Å². The van der Waals surface area contributed by atoms with Crippen LogP contribution in [0.1, 0.15) is 6.42 Å². The molecule has 3 amide bonds. The number of alkyl halides is 1. The van der Waals surface area contributed by atoms with Crippen molar-refractivity contribution in [2.24, 2.45) is 0 Å². The van der Waals surface area contributed by atoms with Crippen LogP contribution in [0.4, 0.5) is 4.79 Å². The van der Waals surface area contributed by atoms with Gasteiger partial charge in [-0.15, -0.1) is 18.2 Å². The minimum Gasteiger partial charge on any atom is -0.383 e. The maximum Gasteiger partial charge on any atom is 0.324 e. The summed E-state index contributed by atoms with van der Waals surface area (Å²) in [5, 5.41) is 2.23. The van der Waals surface area contributed by atoms with Gasteiger partial charge in [-0.3, -0.25) is 10.1 Å². The molecule has 92 valence electrons. The van der Waals surface area contributed by atoms with Gasteiger partial charge in [0.1, 0.15) is 0 Å². The van der Waals surface area contributed by atoms with Crippen molar-refractivity contribution >= 4 is 23.5 Å². The summed E-state index contributed by atoms with van der Waals surface area (Å²) < 4.78 is 4.86. The smallest absolute Gasteiger partial charge is 0.324 e. The van der Waals surface area contributed by atoms with Gasteiger partial charge in [0.25, 0.3) is 0 Å². The number of hydrogen-bond donors (Lipinski definition) is 1. The van der Waals surface area contributed by atoms with Gasteiger partial charge in [0.15, 0.2) is 0 Å². The van der Waals surface area contributed by atoms with Crippen molar-refractivity contribution in [2.75, 3.05) is 32.7 Å². The molecular weight excluding hydrogens is 232 g/mol. The largest absolute Gasteiger partial charge is 0.383 e. The second-order valence-electron chi connectivity index (χ2n) is 3.02. The van der Waals surface area contributed by atoms with E-state index < -0.39 is 6.03 Å². The Morgan fingerprint density at radius 1 is 1.56 bits per heavy atom. The highest BCUT2D eigenvalue weighted by Crippen LogP contribution is 1.92. The SMILES string of the molecule is C=CCN(CCOC)C(=O)NC(=O)CCCl. The molecule has 0 aliphatic carbocycles. The van der Waals surface area contributed by atoms with Gasteiger partial charge in [-0.1, -0.05) is 6.08 Å². The lowest BCUT2D eigenvalue weighted by Gasteiger charge is -2.20. The second-order valence-corrected chi connectivity index (χ2v) is 3.40. The Bertz CT molecular complexity index is 246. The first kappa shape index (κ1) is 14.9. The fourth-order valence-corrected chi connectivity index (χ4v) is 1.15. The van der Waals surface area contributed by atoms with E-state index in [0.29, 0.717) is 19.7 Å². The van der Waals surface area contributed by atoms with Crippen LogP contribution in [-0.2, 0) is 9.53 Å². The van der Waals surface area contributed by atoms with Gasteiger partial charge in [0, 0.05) is 32.5 Å². The van der Waals surface area contributed by atoms with E-state index in [2.05, 4.69) is 11.9 Å². The molecular formula is C10H17ClN2O3. The van der Waals surface area contributed by atoms with Crippen molar-refractivity contribution in [3.63, 3.8) is 0 Å². The Kier molecular flexibility index (Phi) is 8.56. The summed E-state index contributed by atoms with van der Waals surface area (Å²) in [6, 6.07) is -0.452. The van der Waals surface area contributed by atoms with E-state index in [0.717, 1.165) is 0 Å². The maximum absolute atomic E-state index is 11.6. The Morgan fingerprint density at radius 3 is 2.75 bits per heavy atom. The monoisotopic (exact) mass is 248 g/mol. The van der Waals surface area contributed by atoms with E-state index in [4.69, 9.17) is 16.3 Å². The molecule has 0 saturated carbocycles. The molecule has 16 heavy (non-hydrogen) atoms. The van der Waals surface area contributed by atoms with Crippen molar-refractivity contribution in [3.05, 3.63) is 12.7 Å². The highest BCUT2D eigenvalue weighted by Gasteiger charge is 2.14. The average molecular weight is 249 g/mol. The number of nitrogens with zero attached hydrogens (tertiary/aromatic N) is 1. The predicted molar refractivity (Wildman–Crippen MR) is 62.5 cm³/mol. The number of nitrogens with one attached hydrogen (secondary N) is 1. The molecule has 0 aromatic rings. The average Bonchev–Trinajstić information content (AvgIpc) is 2.24. The molecule has 0 aliphatic heterocycles. The van der Waals surface area contributed by atoms with Crippen LogP contribution in [0.2, 0.25) is 0 Å². The zero-order chi connectivity index (χ0) is 12.4. The lowest BCUT2D eigenvalue weighted by atomic mass is 10.4. The zero-order valence-corrected chi connectivity index (χ0v) is 10.1. The molecule has 5 nitrogen and oxygen atoms in total. The molecule has 1 N–H and O–H groups in total. The van der Waals surface area contributed by atoms with Crippen molar-refractivity contribution in [3.8, 4) is 0 Å². The number of urea groups is 1. The number of halogens is 1. The molecule has 0 unspecified atom stereocenters. The summed E-state index contributed by atoms with van der Waals surface area (Å²) in [6.07, 6.45) is 1.71.